The molecule has 0 aromatic heterocycles. The van der Waals surface area contributed by atoms with Gasteiger partial charge in [-0.1, -0.05) is 0 Å². The molecule has 0 radical (unpaired) electrons. The van der Waals surface area contributed by atoms with Gasteiger partial charge in [0.25, 0.3) is 5.92 Å². The molecule has 10 heavy (non-hydrogen) atoms. The fraction of sp³-hybridized carbons (Fsp3) is 1.00. The van der Waals surface area contributed by atoms with Gasteiger partial charge in [0, 0.05) is 18.2 Å². The SMILES string of the molecule is CN1CC(F)(F)C[C@H]1CS. The van der Waals surface area contributed by atoms with Crippen molar-refractivity contribution in [1.29, 1.82) is 0 Å². The molecule has 0 bridgehead atoms. The quantitative estimate of drug-likeness (QED) is 0.575. The van der Waals surface area contributed by atoms with Crippen molar-refractivity contribution in [3.63, 3.8) is 0 Å². The molecule has 0 aromatic carbocycles. The zero-order valence-electron chi connectivity index (χ0n) is 5.85. The number of nitrogens with zero attached hydrogens (tertiary/aromatic N) is 1. The Morgan fingerprint density at radius 2 is 2.30 bits per heavy atom. The van der Waals surface area contributed by atoms with Crippen LogP contribution in [0.5, 0.6) is 0 Å². The molecule has 1 fully saturated rings. The third kappa shape index (κ3) is 1.61. The van der Waals surface area contributed by atoms with Crippen molar-refractivity contribution in [3.8, 4) is 0 Å². The molecule has 0 spiro atoms. The molecule has 4 heteroatoms. The first-order valence-electron chi connectivity index (χ1n) is 3.24. The fourth-order valence-electron chi connectivity index (χ4n) is 1.26. The van der Waals surface area contributed by atoms with Crippen LogP contribution < -0.4 is 0 Å². The zero-order valence-corrected chi connectivity index (χ0v) is 6.74. The summed E-state index contributed by atoms with van der Waals surface area (Å²) >= 11 is 3.98. The van der Waals surface area contributed by atoms with E-state index in [-0.39, 0.29) is 19.0 Å². The molecule has 1 aliphatic rings. The van der Waals surface area contributed by atoms with Gasteiger partial charge >= 0.3 is 0 Å². The van der Waals surface area contributed by atoms with Gasteiger partial charge in [-0.25, -0.2) is 8.78 Å². The molecule has 0 aromatic rings. The summed E-state index contributed by atoms with van der Waals surface area (Å²) in [5.74, 6) is -1.96. The Kier molecular flexibility index (Phi) is 2.20. The third-order valence-corrected chi connectivity index (χ3v) is 2.27. The minimum absolute atomic E-state index is 0.0347. The van der Waals surface area contributed by atoms with Crippen molar-refractivity contribution in [1.82, 2.24) is 4.90 Å². The first-order valence-corrected chi connectivity index (χ1v) is 3.87. The Morgan fingerprint density at radius 3 is 2.50 bits per heavy atom. The van der Waals surface area contributed by atoms with Crippen molar-refractivity contribution in [2.45, 2.75) is 18.4 Å². The van der Waals surface area contributed by atoms with Gasteiger partial charge in [-0.15, -0.1) is 0 Å². The van der Waals surface area contributed by atoms with Crippen molar-refractivity contribution >= 4 is 12.6 Å². The smallest absolute Gasteiger partial charge is 0.262 e. The highest BCUT2D eigenvalue weighted by Gasteiger charge is 2.42. The van der Waals surface area contributed by atoms with E-state index in [0.29, 0.717) is 5.75 Å². The average Bonchev–Trinajstić information content (AvgIpc) is 2.05. The van der Waals surface area contributed by atoms with E-state index in [1.54, 1.807) is 11.9 Å². The van der Waals surface area contributed by atoms with Crippen molar-refractivity contribution in [2.24, 2.45) is 0 Å². The molecular weight excluding hydrogens is 156 g/mol. The van der Waals surface area contributed by atoms with Crippen molar-refractivity contribution < 1.29 is 8.78 Å². The second-order valence-corrected chi connectivity index (χ2v) is 3.18. The Balaban J connectivity index is 2.52. The van der Waals surface area contributed by atoms with Gasteiger partial charge in [0.1, 0.15) is 0 Å². The first-order chi connectivity index (χ1) is 4.55. The molecule has 1 aliphatic heterocycles. The highest BCUT2D eigenvalue weighted by atomic mass is 32.1. The molecule has 0 saturated carbocycles. The van der Waals surface area contributed by atoms with Gasteiger partial charge in [-0.3, -0.25) is 4.90 Å². The van der Waals surface area contributed by atoms with Crippen LogP contribution in [0.2, 0.25) is 0 Å². The lowest BCUT2D eigenvalue weighted by Crippen LogP contribution is -2.26. The number of halogens is 2. The number of hydrogen-bond donors (Lipinski definition) is 1. The topological polar surface area (TPSA) is 3.24 Å². The van der Waals surface area contributed by atoms with E-state index >= 15 is 0 Å². The van der Waals surface area contributed by atoms with Crippen LogP contribution in [0, 0.1) is 0 Å². The number of likely N-dealkylation sites (tertiary alicyclic amines) is 1. The van der Waals surface area contributed by atoms with Gasteiger partial charge in [0.15, 0.2) is 0 Å². The molecule has 1 atom stereocenters. The summed E-state index contributed by atoms with van der Waals surface area (Å²) in [6, 6.07) is -0.0432. The monoisotopic (exact) mass is 167 g/mol. The molecule has 0 N–H and O–H groups in total. The standard InChI is InChI=1S/C6H11F2NS/c1-9-4-6(7,8)2-5(9)3-10/h5,10H,2-4H2,1H3/t5-/m0/s1. The van der Waals surface area contributed by atoms with E-state index in [4.69, 9.17) is 0 Å². The minimum Gasteiger partial charge on any atom is -0.297 e. The average molecular weight is 167 g/mol. The maximum absolute atomic E-state index is 12.6. The predicted molar refractivity (Wildman–Crippen MR) is 39.8 cm³/mol. The van der Waals surface area contributed by atoms with Crippen LogP contribution in [-0.4, -0.2) is 36.2 Å². The summed E-state index contributed by atoms with van der Waals surface area (Å²) in [5, 5.41) is 0. The summed E-state index contributed by atoms with van der Waals surface area (Å²) in [6.07, 6.45) is -0.0347. The van der Waals surface area contributed by atoms with Gasteiger partial charge in [-0.2, -0.15) is 12.6 Å². The predicted octanol–water partition coefficient (Wildman–Crippen LogP) is 1.26. The summed E-state index contributed by atoms with van der Waals surface area (Å²) in [5.41, 5.74) is 0. The van der Waals surface area contributed by atoms with Crippen LogP contribution >= 0.6 is 12.6 Å². The van der Waals surface area contributed by atoms with Crippen LogP contribution in [-0.2, 0) is 0 Å². The highest BCUT2D eigenvalue weighted by Crippen LogP contribution is 2.30. The van der Waals surface area contributed by atoms with E-state index in [1.807, 2.05) is 0 Å². The Bertz CT molecular complexity index is 129. The molecule has 1 heterocycles. The second kappa shape index (κ2) is 2.66. The molecule has 0 amide bonds. The third-order valence-electron chi connectivity index (χ3n) is 1.85. The first kappa shape index (κ1) is 8.27. The van der Waals surface area contributed by atoms with Gasteiger partial charge < -0.3 is 0 Å². The van der Waals surface area contributed by atoms with Crippen LogP contribution in [0.4, 0.5) is 8.78 Å². The van der Waals surface area contributed by atoms with E-state index in [0.717, 1.165) is 0 Å². The molecule has 0 aliphatic carbocycles. The molecule has 60 valence electrons. The Labute approximate surface area is 64.8 Å². The molecule has 1 rings (SSSR count). The fourth-order valence-corrected chi connectivity index (χ4v) is 1.67. The maximum Gasteiger partial charge on any atom is 0.262 e. The second-order valence-electron chi connectivity index (χ2n) is 2.81. The van der Waals surface area contributed by atoms with Gasteiger partial charge in [0.05, 0.1) is 6.54 Å². The van der Waals surface area contributed by atoms with Crippen molar-refractivity contribution in [2.75, 3.05) is 19.3 Å². The van der Waals surface area contributed by atoms with E-state index < -0.39 is 5.92 Å². The lowest BCUT2D eigenvalue weighted by molar-refractivity contribution is 0.0142. The lowest BCUT2D eigenvalue weighted by Gasteiger charge is -2.14. The summed E-state index contributed by atoms with van der Waals surface area (Å²) < 4.78 is 25.1. The number of alkyl halides is 2. The summed E-state index contributed by atoms with van der Waals surface area (Å²) in [6.45, 7) is -0.113. The Morgan fingerprint density at radius 1 is 1.70 bits per heavy atom. The van der Waals surface area contributed by atoms with E-state index in [1.165, 1.54) is 0 Å². The molecule has 1 nitrogen and oxygen atoms in total. The molecular formula is C6H11F2NS. The van der Waals surface area contributed by atoms with E-state index in [2.05, 4.69) is 12.6 Å². The largest absolute Gasteiger partial charge is 0.297 e. The van der Waals surface area contributed by atoms with Gasteiger partial charge in [0.2, 0.25) is 0 Å². The minimum atomic E-state index is -2.48. The number of rotatable bonds is 1. The summed E-state index contributed by atoms with van der Waals surface area (Å²) in [7, 11) is 1.71. The normalized spacial score (nSPS) is 33.0. The van der Waals surface area contributed by atoms with Gasteiger partial charge in [-0.05, 0) is 7.05 Å². The zero-order chi connectivity index (χ0) is 7.78. The van der Waals surface area contributed by atoms with Crippen molar-refractivity contribution in [3.05, 3.63) is 0 Å². The number of thiol groups is 1. The van der Waals surface area contributed by atoms with Crippen LogP contribution in [0.15, 0.2) is 0 Å². The maximum atomic E-state index is 12.6. The van der Waals surface area contributed by atoms with Crippen LogP contribution in [0.3, 0.4) is 0 Å². The number of hydrogen-bond acceptors (Lipinski definition) is 2. The molecule has 0 unspecified atom stereocenters. The Hall–Kier alpha value is 0.170. The van der Waals surface area contributed by atoms with E-state index in [9.17, 15) is 8.78 Å². The lowest BCUT2D eigenvalue weighted by atomic mass is 10.2. The summed E-state index contributed by atoms with van der Waals surface area (Å²) in [4.78, 5) is 1.66. The molecule has 1 saturated heterocycles. The highest BCUT2D eigenvalue weighted by molar-refractivity contribution is 7.80. The van der Waals surface area contributed by atoms with Crippen LogP contribution in [0.25, 0.3) is 0 Å². The van der Waals surface area contributed by atoms with Crippen LogP contribution in [0.1, 0.15) is 6.42 Å².